The molecule has 0 radical (unpaired) electrons. The molecule has 2 N–H and O–H groups in total. The molecule has 0 amide bonds. The first-order valence-corrected chi connectivity index (χ1v) is 10.0. The number of halogens is 2. The van der Waals surface area contributed by atoms with Gasteiger partial charge in [0, 0.05) is 24.3 Å². The van der Waals surface area contributed by atoms with E-state index in [0.717, 1.165) is 5.56 Å². The third-order valence-electron chi connectivity index (χ3n) is 3.73. The van der Waals surface area contributed by atoms with Crippen LogP contribution in [0.3, 0.4) is 0 Å². The Balaban J connectivity index is 0.00000576. The highest BCUT2D eigenvalue weighted by atomic mass is 127. The van der Waals surface area contributed by atoms with E-state index in [2.05, 4.69) is 15.6 Å². The van der Waals surface area contributed by atoms with Crippen LogP contribution in [0.5, 0.6) is 0 Å². The number of rotatable bonds is 8. The molecule has 0 saturated heterocycles. The third-order valence-corrected chi connectivity index (χ3v) is 5.43. The van der Waals surface area contributed by atoms with Gasteiger partial charge in [0.1, 0.15) is 5.82 Å². The Bertz CT molecular complexity index is 664. The van der Waals surface area contributed by atoms with Crippen molar-refractivity contribution in [3.05, 3.63) is 35.6 Å². The Morgan fingerprint density at radius 3 is 2.48 bits per heavy atom. The van der Waals surface area contributed by atoms with E-state index in [-0.39, 0.29) is 46.7 Å². The number of sulfone groups is 1. The van der Waals surface area contributed by atoms with E-state index in [1.165, 1.54) is 12.1 Å². The molecule has 0 atom stereocenters. The van der Waals surface area contributed by atoms with Gasteiger partial charge in [-0.15, -0.1) is 24.0 Å². The van der Waals surface area contributed by atoms with Crippen molar-refractivity contribution in [1.29, 1.82) is 0 Å². The molecule has 0 aliphatic heterocycles. The number of nitrogens with one attached hydrogen (secondary N) is 2. The molecule has 0 aromatic heterocycles. The Hall–Kier alpha value is -0.900. The molecule has 1 aromatic rings. The predicted molar refractivity (Wildman–Crippen MR) is 113 cm³/mol. The fraction of sp³-hybridized carbons (Fsp3) is 0.588. The van der Waals surface area contributed by atoms with Crippen molar-refractivity contribution >= 4 is 39.8 Å². The Morgan fingerprint density at radius 2 is 1.92 bits per heavy atom. The largest absolute Gasteiger partial charge is 0.357 e. The molecule has 0 aliphatic rings. The molecule has 25 heavy (non-hydrogen) atoms. The van der Waals surface area contributed by atoms with Gasteiger partial charge >= 0.3 is 0 Å². The van der Waals surface area contributed by atoms with Gasteiger partial charge in [-0.05, 0) is 24.6 Å². The summed E-state index contributed by atoms with van der Waals surface area (Å²) in [6.45, 7) is 9.00. The first kappa shape index (κ1) is 24.1. The summed E-state index contributed by atoms with van der Waals surface area (Å²) in [7, 11) is -3.01. The minimum atomic E-state index is -3.01. The highest BCUT2D eigenvalue weighted by molar-refractivity contribution is 14.0. The Labute approximate surface area is 167 Å². The van der Waals surface area contributed by atoms with Crippen molar-refractivity contribution in [2.45, 2.75) is 33.1 Å². The molecule has 0 bridgehead atoms. The lowest BCUT2D eigenvalue weighted by molar-refractivity contribution is 0.529. The summed E-state index contributed by atoms with van der Waals surface area (Å²) in [5.74, 6) is 0.503. The standard InChI is InChI=1S/C17H28FN3O2S.HI/c1-5-19-16(20-10-11-24(22,23)6-2)21-13-17(3,4)14-8-7-9-15(18)12-14;/h7-9,12H,5-6,10-11,13H2,1-4H3,(H2,19,20,21);1H. The van der Waals surface area contributed by atoms with E-state index in [9.17, 15) is 12.8 Å². The molecule has 0 heterocycles. The lowest BCUT2D eigenvalue weighted by Crippen LogP contribution is -2.40. The average Bonchev–Trinajstić information content (AvgIpc) is 2.52. The van der Waals surface area contributed by atoms with Crippen molar-refractivity contribution < 1.29 is 12.8 Å². The lowest BCUT2D eigenvalue weighted by atomic mass is 9.85. The summed E-state index contributed by atoms with van der Waals surface area (Å²) >= 11 is 0. The quantitative estimate of drug-likeness (QED) is 0.338. The summed E-state index contributed by atoms with van der Waals surface area (Å²) in [5.41, 5.74) is 0.538. The monoisotopic (exact) mass is 485 g/mol. The zero-order valence-electron chi connectivity index (χ0n) is 15.3. The summed E-state index contributed by atoms with van der Waals surface area (Å²) in [6.07, 6.45) is 0. The summed E-state index contributed by atoms with van der Waals surface area (Å²) in [4.78, 5) is 4.51. The van der Waals surface area contributed by atoms with Crippen LogP contribution in [0, 0.1) is 5.82 Å². The zero-order chi connectivity index (χ0) is 18.2. The van der Waals surface area contributed by atoms with Gasteiger partial charge < -0.3 is 10.6 Å². The van der Waals surface area contributed by atoms with Crippen molar-refractivity contribution in [2.75, 3.05) is 31.1 Å². The maximum absolute atomic E-state index is 13.4. The zero-order valence-corrected chi connectivity index (χ0v) is 18.4. The van der Waals surface area contributed by atoms with Gasteiger partial charge in [0.15, 0.2) is 15.8 Å². The SMILES string of the molecule is CCNC(=NCC(C)(C)c1cccc(F)c1)NCCS(=O)(=O)CC.I. The van der Waals surface area contributed by atoms with Gasteiger partial charge in [0.25, 0.3) is 0 Å². The topological polar surface area (TPSA) is 70.6 Å². The molecule has 0 saturated carbocycles. The molecule has 144 valence electrons. The number of nitrogens with zero attached hydrogens (tertiary/aromatic N) is 1. The van der Waals surface area contributed by atoms with E-state index in [4.69, 9.17) is 0 Å². The van der Waals surface area contributed by atoms with Gasteiger partial charge in [-0.1, -0.05) is 32.9 Å². The first-order valence-electron chi connectivity index (χ1n) is 8.19. The Morgan fingerprint density at radius 1 is 1.24 bits per heavy atom. The maximum Gasteiger partial charge on any atom is 0.191 e. The van der Waals surface area contributed by atoms with Gasteiger partial charge in [-0.3, -0.25) is 4.99 Å². The minimum absolute atomic E-state index is 0. The molecule has 0 aliphatic carbocycles. The van der Waals surface area contributed by atoms with Crippen LogP contribution in [0.1, 0.15) is 33.3 Å². The summed E-state index contributed by atoms with van der Waals surface area (Å²) < 4.78 is 36.5. The lowest BCUT2D eigenvalue weighted by Gasteiger charge is -2.24. The average molecular weight is 485 g/mol. The van der Waals surface area contributed by atoms with Crippen LogP contribution < -0.4 is 10.6 Å². The predicted octanol–water partition coefficient (Wildman–Crippen LogP) is 2.71. The van der Waals surface area contributed by atoms with Crippen LogP contribution in [0.2, 0.25) is 0 Å². The number of benzene rings is 1. The molecule has 1 aromatic carbocycles. The van der Waals surface area contributed by atoms with Crippen LogP contribution in [0.15, 0.2) is 29.3 Å². The number of hydrogen-bond donors (Lipinski definition) is 2. The molecule has 8 heteroatoms. The minimum Gasteiger partial charge on any atom is -0.357 e. The summed E-state index contributed by atoms with van der Waals surface area (Å²) in [5, 5.41) is 6.12. The van der Waals surface area contributed by atoms with Crippen molar-refractivity contribution in [1.82, 2.24) is 10.6 Å². The fourth-order valence-electron chi connectivity index (χ4n) is 2.09. The highest BCUT2D eigenvalue weighted by Crippen LogP contribution is 2.24. The van der Waals surface area contributed by atoms with E-state index in [1.54, 1.807) is 13.0 Å². The molecular formula is C17H29FIN3O2S. The molecular weight excluding hydrogens is 456 g/mol. The van der Waals surface area contributed by atoms with E-state index < -0.39 is 9.84 Å². The van der Waals surface area contributed by atoms with Crippen molar-refractivity contribution in [2.24, 2.45) is 4.99 Å². The first-order chi connectivity index (χ1) is 11.2. The number of guanidine groups is 1. The maximum atomic E-state index is 13.4. The van der Waals surface area contributed by atoms with Gasteiger partial charge in [-0.2, -0.15) is 0 Å². The third kappa shape index (κ3) is 8.84. The fourth-order valence-corrected chi connectivity index (χ4v) is 2.79. The molecule has 1 rings (SSSR count). The van der Waals surface area contributed by atoms with Crippen LogP contribution in [0.4, 0.5) is 4.39 Å². The molecule has 0 spiro atoms. The molecule has 0 unspecified atom stereocenters. The second-order valence-electron chi connectivity index (χ2n) is 6.25. The van der Waals surface area contributed by atoms with Crippen LogP contribution in [-0.2, 0) is 15.3 Å². The molecule has 0 fully saturated rings. The number of hydrogen-bond acceptors (Lipinski definition) is 3. The number of aliphatic imine (C=N–C) groups is 1. The smallest absolute Gasteiger partial charge is 0.191 e. The van der Waals surface area contributed by atoms with Crippen LogP contribution in [0.25, 0.3) is 0 Å². The molecule has 5 nitrogen and oxygen atoms in total. The summed E-state index contributed by atoms with van der Waals surface area (Å²) in [6, 6.07) is 6.51. The van der Waals surface area contributed by atoms with Gasteiger partial charge in [0.05, 0.1) is 12.3 Å². The second kappa shape index (κ2) is 10.9. The second-order valence-corrected chi connectivity index (χ2v) is 8.73. The van der Waals surface area contributed by atoms with Gasteiger partial charge in [-0.25, -0.2) is 12.8 Å². The van der Waals surface area contributed by atoms with Crippen LogP contribution in [-0.4, -0.2) is 45.5 Å². The van der Waals surface area contributed by atoms with E-state index >= 15 is 0 Å². The van der Waals surface area contributed by atoms with Crippen molar-refractivity contribution in [3.63, 3.8) is 0 Å². The normalized spacial score (nSPS) is 12.4. The van der Waals surface area contributed by atoms with E-state index in [1.807, 2.05) is 26.8 Å². The van der Waals surface area contributed by atoms with Gasteiger partial charge in [0.2, 0.25) is 0 Å². The van der Waals surface area contributed by atoms with Crippen molar-refractivity contribution in [3.8, 4) is 0 Å². The highest BCUT2D eigenvalue weighted by Gasteiger charge is 2.21. The van der Waals surface area contributed by atoms with E-state index in [0.29, 0.717) is 25.6 Å². The van der Waals surface area contributed by atoms with Crippen LogP contribution >= 0.6 is 24.0 Å². The Kier molecular flexibility index (Phi) is 10.6.